The number of carbonyl (C=O) groups is 3. The Bertz CT molecular complexity index is 686. The Labute approximate surface area is 155 Å². The molecule has 1 atom stereocenters. The lowest BCUT2D eigenvalue weighted by Crippen LogP contribution is -2.58. The third kappa shape index (κ3) is 5.32. The zero-order chi connectivity index (χ0) is 19.1. The summed E-state index contributed by atoms with van der Waals surface area (Å²) < 4.78 is 18.2. The number of benzene rings is 1. The molecule has 2 rings (SSSR count). The molecule has 0 aliphatic carbocycles. The standard InChI is InChI=1S/C17H21ClFN3O4/c1-2-7-26-16(24)9-14-17(25)20-5-6-22(14)15(23)10-21-11-3-4-13(19)12(18)8-11/h3-4,8,14,21H,2,5-7,9-10H2,1H3,(H,20,25). The summed E-state index contributed by atoms with van der Waals surface area (Å²) in [6, 6.07) is 3.11. The van der Waals surface area contributed by atoms with Gasteiger partial charge in [0, 0.05) is 18.8 Å². The van der Waals surface area contributed by atoms with Gasteiger partial charge >= 0.3 is 5.97 Å². The molecule has 1 saturated heterocycles. The highest BCUT2D eigenvalue weighted by Gasteiger charge is 2.34. The van der Waals surface area contributed by atoms with E-state index in [2.05, 4.69) is 10.6 Å². The van der Waals surface area contributed by atoms with Crippen LogP contribution in [0.15, 0.2) is 18.2 Å². The zero-order valence-electron chi connectivity index (χ0n) is 14.4. The summed E-state index contributed by atoms with van der Waals surface area (Å²) in [6.07, 6.45) is 0.481. The van der Waals surface area contributed by atoms with E-state index in [-0.39, 0.29) is 36.4 Å². The Hall–Kier alpha value is -2.35. The summed E-state index contributed by atoms with van der Waals surface area (Å²) in [7, 11) is 0. The highest BCUT2D eigenvalue weighted by atomic mass is 35.5. The molecule has 1 aromatic rings. The van der Waals surface area contributed by atoms with Crippen molar-refractivity contribution in [1.29, 1.82) is 0 Å². The predicted molar refractivity (Wildman–Crippen MR) is 94.3 cm³/mol. The van der Waals surface area contributed by atoms with E-state index >= 15 is 0 Å². The molecule has 1 fully saturated rings. The molecule has 1 aromatic carbocycles. The predicted octanol–water partition coefficient (Wildman–Crippen LogP) is 1.56. The van der Waals surface area contributed by atoms with Crippen molar-refractivity contribution in [3.63, 3.8) is 0 Å². The molecule has 1 unspecified atom stereocenters. The molecule has 0 spiro atoms. The van der Waals surface area contributed by atoms with E-state index < -0.39 is 17.8 Å². The van der Waals surface area contributed by atoms with Gasteiger partial charge in [-0.15, -0.1) is 0 Å². The van der Waals surface area contributed by atoms with E-state index in [1.807, 2.05) is 6.92 Å². The number of hydrogen-bond donors (Lipinski definition) is 2. The van der Waals surface area contributed by atoms with Gasteiger partial charge in [-0.25, -0.2) is 4.39 Å². The summed E-state index contributed by atoms with van der Waals surface area (Å²) in [5.74, 6) is -1.82. The molecule has 1 heterocycles. The fraction of sp³-hybridized carbons (Fsp3) is 0.471. The monoisotopic (exact) mass is 385 g/mol. The fourth-order valence-electron chi connectivity index (χ4n) is 2.53. The average Bonchev–Trinajstić information content (AvgIpc) is 2.62. The topological polar surface area (TPSA) is 87.7 Å². The number of esters is 1. The van der Waals surface area contributed by atoms with Crippen LogP contribution in [0, 0.1) is 5.82 Å². The second-order valence-corrected chi connectivity index (χ2v) is 6.21. The normalized spacial score (nSPS) is 16.8. The second-order valence-electron chi connectivity index (χ2n) is 5.80. The number of ether oxygens (including phenoxy) is 1. The van der Waals surface area contributed by atoms with Crippen molar-refractivity contribution in [2.45, 2.75) is 25.8 Å². The number of amides is 2. The number of hydrogen-bond acceptors (Lipinski definition) is 5. The molecule has 0 saturated carbocycles. The van der Waals surface area contributed by atoms with E-state index in [9.17, 15) is 18.8 Å². The summed E-state index contributed by atoms with van der Waals surface area (Å²) in [4.78, 5) is 37.8. The Morgan fingerprint density at radius 1 is 1.46 bits per heavy atom. The molecule has 0 aromatic heterocycles. The maximum atomic E-state index is 13.2. The van der Waals surface area contributed by atoms with Crippen molar-refractivity contribution in [2.75, 3.05) is 31.6 Å². The summed E-state index contributed by atoms with van der Waals surface area (Å²) >= 11 is 5.70. The number of rotatable bonds is 7. The quantitative estimate of drug-likeness (QED) is 0.695. The van der Waals surface area contributed by atoms with Crippen LogP contribution >= 0.6 is 11.6 Å². The molecule has 9 heteroatoms. The van der Waals surface area contributed by atoms with Gasteiger partial charge in [0.2, 0.25) is 11.8 Å². The lowest BCUT2D eigenvalue weighted by atomic mass is 10.1. The number of halogens is 2. The molecular formula is C17H21ClFN3O4. The van der Waals surface area contributed by atoms with Crippen LogP contribution in [-0.4, -0.2) is 55.0 Å². The van der Waals surface area contributed by atoms with Crippen LogP contribution in [-0.2, 0) is 19.1 Å². The fourth-order valence-corrected chi connectivity index (χ4v) is 2.71. The Kier molecular flexibility index (Phi) is 7.20. The van der Waals surface area contributed by atoms with Crippen LogP contribution in [0.1, 0.15) is 19.8 Å². The molecule has 1 aliphatic rings. The van der Waals surface area contributed by atoms with Gasteiger partial charge in [0.25, 0.3) is 0 Å². The minimum atomic E-state index is -0.904. The largest absolute Gasteiger partial charge is 0.466 e. The van der Waals surface area contributed by atoms with E-state index in [1.165, 1.54) is 23.1 Å². The molecule has 142 valence electrons. The van der Waals surface area contributed by atoms with Crippen molar-refractivity contribution >= 4 is 35.1 Å². The van der Waals surface area contributed by atoms with E-state index in [4.69, 9.17) is 16.3 Å². The molecule has 1 aliphatic heterocycles. The Morgan fingerprint density at radius 2 is 2.23 bits per heavy atom. The third-order valence-electron chi connectivity index (χ3n) is 3.84. The molecule has 2 amide bonds. The van der Waals surface area contributed by atoms with Gasteiger partial charge < -0.3 is 20.3 Å². The Morgan fingerprint density at radius 3 is 2.92 bits per heavy atom. The maximum Gasteiger partial charge on any atom is 0.308 e. The van der Waals surface area contributed by atoms with Gasteiger partial charge in [0.15, 0.2) is 0 Å². The lowest BCUT2D eigenvalue weighted by molar-refractivity contribution is -0.151. The number of piperazine rings is 1. The first kappa shape index (κ1) is 20.0. The second kappa shape index (κ2) is 9.38. The van der Waals surface area contributed by atoms with Gasteiger partial charge in [0.1, 0.15) is 11.9 Å². The first-order chi connectivity index (χ1) is 12.4. The molecule has 7 nitrogen and oxygen atoms in total. The van der Waals surface area contributed by atoms with E-state index in [1.54, 1.807) is 0 Å². The van der Waals surface area contributed by atoms with Crippen LogP contribution < -0.4 is 10.6 Å². The number of nitrogens with zero attached hydrogens (tertiary/aromatic N) is 1. The minimum absolute atomic E-state index is 0.0589. The number of nitrogens with one attached hydrogen (secondary N) is 2. The molecule has 26 heavy (non-hydrogen) atoms. The van der Waals surface area contributed by atoms with E-state index in [0.29, 0.717) is 25.2 Å². The highest BCUT2D eigenvalue weighted by molar-refractivity contribution is 6.31. The Balaban J connectivity index is 1.98. The van der Waals surface area contributed by atoms with Crippen molar-refractivity contribution in [3.8, 4) is 0 Å². The highest BCUT2D eigenvalue weighted by Crippen LogP contribution is 2.19. The molecule has 2 N–H and O–H groups in total. The number of carbonyl (C=O) groups excluding carboxylic acids is 3. The molecular weight excluding hydrogens is 365 g/mol. The first-order valence-electron chi connectivity index (χ1n) is 8.34. The number of anilines is 1. The summed E-state index contributed by atoms with van der Waals surface area (Å²) in [5, 5.41) is 5.43. The maximum absolute atomic E-state index is 13.2. The average molecular weight is 386 g/mol. The molecule has 0 radical (unpaired) electrons. The van der Waals surface area contributed by atoms with Gasteiger partial charge in [0.05, 0.1) is 24.6 Å². The third-order valence-corrected chi connectivity index (χ3v) is 4.13. The van der Waals surface area contributed by atoms with Gasteiger partial charge in [-0.2, -0.15) is 0 Å². The van der Waals surface area contributed by atoms with Crippen molar-refractivity contribution in [2.24, 2.45) is 0 Å². The van der Waals surface area contributed by atoms with Crippen LogP contribution in [0.4, 0.5) is 10.1 Å². The van der Waals surface area contributed by atoms with E-state index in [0.717, 1.165) is 0 Å². The SMILES string of the molecule is CCCOC(=O)CC1C(=O)NCCN1C(=O)CNc1ccc(F)c(Cl)c1. The zero-order valence-corrected chi connectivity index (χ0v) is 15.1. The summed E-state index contributed by atoms with van der Waals surface area (Å²) in [5.41, 5.74) is 0.477. The summed E-state index contributed by atoms with van der Waals surface area (Å²) in [6.45, 7) is 2.63. The van der Waals surface area contributed by atoms with Gasteiger partial charge in [-0.1, -0.05) is 18.5 Å². The van der Waals surface area contributed by atoms with Crippen LogP contribution in [0.3, 0.4) is 0 Å². The molecule has 0 bridgehead atoms. The van der Waals surface area contributed by atoms with Gasteiger partial charge in [-0.05, 0) is 24.6 Å². The van der Waals surface area contributed by atoms with Crippen LogP contribution in [0.25, 0.3) is 0 Å². The van der Waals surface area contributed by atoms with Crippen molar-refractivity contribution in [3.05, 3.63) is 29.0 Å². The smallest absolute Gasteiger partial charge is 0.308 e. The van der Waals surface area contributed by atoms with Crippen molar-refractivity contribution in [1.82, 2.24) is 10.2 Å². The van der Waals surface area contributed by atoms with Crippen LogP contribution in [0.5, 0.6) is 0 Å². The lowest BCUT2D eigenvalue weighted by Gasteiger charge is -2.34. The van der Waals surface area contributed by atoms with Crippen molar-refractivity contribution < 1.29 is 23.5 Å². The van der Waals surface area contributed by atoms with Crippen LogP contribution in [0.2, 0.25) is 5.02 Å². The first-order valence-corrected chi connectivity index (χ1v) is 8.72. The minimum Gasteiger partial charge on any atom is -0.466 e. The van der Waals surface area contributed by atoms with Gasteiger partial charge in [-0.3, -0.25) is 14.4 Å².